The van der Waals surface area contributed by atoms with Crippen LogP contribution in [0.4, 0.5) is 0 Å². The number of carbonyl (C=O) groups excluding carboxylic acids is 1. The zero-order valence-corrected chi connectivity index (χ0v) is 8.88. The van der Waals surface area contributed by atoms with Crippen LogP contribution in [-0.4, -0.2) is 36.2 Å². The summed E-state index contributed by atoms with van der Waals surface area (Å²) < 4.78 is 10.9. The minimum Gasteiger partial charge on any atom is -0.486 e. The van der Waals surface area contributed by atoms with E-state index < -0.39 is 11.9 Å². The van der Waals surface area contributed by atoms with E-state index in [4.69, 9.17) is 14.6 Å². The number of aliphatic carboxylic acids is 1. The van der Waals surface area contributed by atoms with Gasteiger partial charge in [-0.1, -0.05) is 12.1 Å². The largest absolute Gasteiger partial charge is 0.486 e. The first kappa shape index (κ1) is 11.3. The molecule has 0 spiro atoms. The first-order valence-corrected chi connectivity index (χ1v) is 5.06. The second kappa shape index (κ2) is 4.73. The fourth-order valence-electron chi connectivity index (χ4n) is 1.45. The lowest BCUT2D eigenvalue weighted by Gasteiger charge is -2.26. The quantitative estimate of drug-likeness (QED) is 0.709. The van der Waals surface area contributed by atoms with Crippen LogP contribution in [-0.2, 0) is 9.59 Å². The number of ether oxygens (including phenoxy) is 2. The van der Waals surface area contributed by atoms with Gasteiger partial charge in [0.25, 0.3) is 0 Å². The van der Waals surface area contributed by atoms with E-state index in [0.717, 1.165) is 0 Å². The third-order valence-electron chi connectivity index (χ3n) is 2.25. The minimum absolute atomic E-state index is 0.0967. The Balaban J connectivity index is 1.90. The van der Waals surface area contributed by atoms with E-state index >= 15 is 0 Å². The Hall–Kier alpha value is -2.24. The number of hydrogen-bond donors (Lipinski definition) is 2. The number of nitrogens with one attached hydrogen (secondary N) is 1. The molecule has 1 aromatic carbocycles. The van der Waals surface area contributed by atoms with Crippen molar-refractivity contribution >= 4 is 11.9 Å². The molecule has 0 fully saturated rings. The highest BCUT2D eigenvalue weighted by molar-refractivity contribution is 6.31. The Kier molecular flexibility index (Phi) is 3.13. The van der Waals surface area contributed by atoms with Gasteiger partial charge in [-0.15, -0.1) is 0 Å². The van der Waals surface area contributed by atoms with Crippen LogP contribution in [0.1, 0.15) is 0 Å². The summed E-state index contributed by atoms with van der Waals surface area (Å²) >= 11 is 0. The average molecular weight is 237 g/mol. The van der Waals surface area contributed by atoms with E-state index in [0.29, 0.717) is 11.5 Å². The zero-order chi connectivity index (χ0) is 12.3. The van der Waals surface area contributed by atoms with Crippen LogP contribution in [0.15, 0.2) is 24.3 Å². The number of amides is 1. The monoisotopic (exact) mass is 237 g/mol. The van der Waals surface area contributed by atoms with Gasteiger partial charge in [0.1, 0.15) is 12.7 Å². The predicted molar refractivity (Wildman–Crippen MR) is 57.0 cm³/mol. The van der Waals surface area contributed by atoms with E-state index in [9.17, 15) is 9.59 Å². The molecule has 6 heteroatoms. The van der Waals surface area contributed by atoms with Crippen LogP contribution in [0.3, 0.4) is 0 Å². The van der Waals surface area contributed by atoms with Crippen molar-refractivity contribution in [3.05, 3.63) is 24.3 Å². The summed E-state index contributed by atoms with van der Waals surface area (Å²) in [5, 5.41) is 10.6. The lowest BCUT2D eigenvalue weighted by atomic mass is 10.2. The topological polar surface area (TPSA) is 84.9 Å². The number of benzene rings is 1. The fourth-order valence-corrected chi connectivity index (χ4v) is 1.45. The third kappa shape index (κ3) is 2.66. The molecular weight excluding hydrogens is 226 g/mol. The minimum atomic E-state index is -1.51. The molecular formula is C11H11NO5. The maximum Gasteiger partial charge on any atom is 0.394 e. The van der Waals surface area contributed by atoms with E-state index in [2.05, 4.69) is 5.32 Å². The van der Waals surface area contributed by atoms with Crippen molar-refractivity contribution in [1.29, 1.82) is 0 Å². The number of carbonyl (C=O) groups is 2. The van der Waals surface area contributed by atoms with E-state index in [1.54, 1.807) is 18.2 Å². The molecule has 1 aliphatic rings. The van der Waals surface area contributed by atoms with Crippen molar-refractivity contribution in [2.45, 2.75) is 6.10 Å². The van der Waals surface area contributed by atoms with E-state index in [-0.39, 0.29) is 19.3 Å². The van der Waals surface area contributed by atoms with E-state index in [1.807, 2.05) is 6.07 Å². The molecule has 0 bridgehead atoms. The maximum atomic E-state index is 10.8. The Bertz CT molecular complexity index is 445. The van der Waals surface area contributed by atoms with Crippen molar-refractivity contribution < 1.29 is 24.2 Å². The Morgan fingerprint density at radius 3 is 2.76 bits per heavy atom. The summed E-state index contributed by atoms with van der Waals surface area (Å²) in [6.45, 7) is 0.371. The number of carboxylic acid groups (broad SMARTS) is 1. The number of carboxylic acids is 1. The van der Waals surface area contributed by atoms with Crippen LogP contribution in [0.2, 0.25) is 0 Å². The van der Waals surface area contributed by atoms with Gasteiger partial charge in [0.2, 0.25) is 0 Å². The number of para-hydroxylation sites is 2. The molecule has 0 aromatic heterocycles. The van der Waals surface area contributed by atoms with Gasteiger partial charge in [0, 0.05) is 0 Å². The molecule has 0 radical (unpaired) electrons. The average Bonchev–Trinajstić information content (AvgIpc) is 2.35. The van der Waals surface area contributed by atoms with Crippen molar-refractivity contribution in [3.63, 3.8) is 0 Å². The van der Waals surface area contributed by atoms with Gasteiger partial charge in [0.15, 0.2) is 11.5 Å². The molecule has 1 aliphatic heterocycles. The number of rotatable bonds is 2. The highest BCUT2D eigenvalue weighted by Crippen LogP contribution is 2.30. The Morgan fingerprint density at radius 2 is 2.06 bits per heavy atom. The number of fused-ring (bicyclic) bond motifs is 1. The number of hydrogen-bond acceptors (Lipinski definition) is 4. The van der Waals surface area contributed by atoms with Gasteiger partial charge in [-0.05, 0) is 12.1 Å². The molecule has 1 atom stereocenters. The molecule has 1 heterocycles. The van der Waals surface area contributed by atoms with Gasteiger partial charge in [-0.3, -0.25) is 4.79 Å². The molecule has 0 saturated carbocycles. The van der Waals surface area contributed by atoms with E-state index in [1.165, 1.54) is 0 Å². The van der Waals surface area contributed by atoms with Crippen LogP contribution in [0.25, 0.3) is 0 Å². The van der Waals surface area contributed by atoms with Gasteiger partial charge < -0.3 is 19.9 Å². The van der Waals surface area contributed by atoms with Gasteiger partial charge >= 0.3 is 11.9 Å². The fraction of sp³-hybridized carbons (Fsp3) is 0.273. The molecule has 1 aromatic rings. The predicted octanol–water partition coefficient (Wildman–Crippen LogP) is 0.0272. The first-order chi connectivity index (χ1) is 8.16. The smallest absolute Gasteiger partial charge is 0.394 e. The second-order valence-corrected chi connectivity index (χ2v) is 3.51. The summed E-state index contributed by atoms with van der Waals surface area (Å²) in [6, 6.07) is 7.16. The van der Waals surface area contributed by atoms with Crippen LogP contribution in [0, 0.1) is 0 Å². The summed E-state index contributed by atoms with van der Waals surface area (Å²) in [5.74, 6) is -1.32. The second-order valence-electron chi connectivity index (χ2n) is 3.51. The van der Waals surface area contributed by atoms with Gasteiger partial charge in [-0.2, -0.15) is 0 Å². The normalized spacial score (nSPS) is 17.3. The Morgan fingerprint density at radius 1 is 1.35 bits per heavy atom. The first-order valence-electron chi connectivity index (χ1n) is 5.06. The molecule has 2 N–H and O–H groups in total. The SMILES string of the molecule is O=C(O)C(=O)NC[C@H]1COc2ccccc2O1. The van der Waals surface area contributed by atoms with Crippen molar-refractivity contribution in [1.82, 2.24) is 5.32 Å². The lowest BCUT2D eigenvalue weighted by Crippen LogP contribution is -2.42. The molecule has 6 nitrogen and oxygen atoms in total. The highest BCUT2D eigenvalue weighted by Gasteiger charge is 2.22. The van der Waals surface area contributed by atoms with Crippen LogP contribution in [0.5, 0.6) is 11.5 Å². The van der Waals surface area contributed by atoms with Crippen molar-refractivity contribution in [2.75, 3.05) is 13.2 Å². The third-order valence-corrected chi connectivity index (χ3v) is 2.25. The molecule has 0 aliphatic carbocycles. The molecule has 90 valence electrons. The Labute approximate surface area is 97.1 Å². The molecule has 0 saturated heterocycles. The molecule has 2 rings (SSSR count). The summed E-state index contributed by atoms with van der Waals surface area (Å²) in [7, 11) is 0. The van der Waals surface area contributed by atoms with Crippen molar-refractivity contribution in [3.8, 4) is 11.5 Å². The maximum absolute atomic E-state index is 10.8. The van der Waals surface area contributed by atoms with Crippen LogP contribution >= 0.6 is 0 Å². The summed E-state index contributed by atoms with van der Waals surface area (Å²) in [6.07, 6.45) is -0.381. The molecule has 1 amide bonds. The van der Waals surface area contributed by atoms with Gasteiger partial charge in [-0.25, -0.2) is 4.79 Å². The van der Waals surface area contributed by atoms with Gasteiger partial charge in [0.05, 0.1) is 6.54 Å². The van der Waals surface area contributed by atoms with Crippen molar-refractivity contribution in [2.24, 2.45) is 0 Å². The summed E-state index contributed by atoms with van der Waals surface area (Å²) in [5.41, 5.74) is 0. The van der Waals surface area contributed by atoms with Crippen LogP contribution < -0.4 is 14.8 Å². The molecule has 0 unspecified atom stereocenters. The zero-order valence-electron chi connectivity index (χ0n) is 8.88. The summed E-state index contributed by atoms with van der Waals surface area (Å²) in [4.78, 5) is 21.1. The molecule has 17 heavy (non-hydrogen) atoms. The highest BCUT2D eigenvalue weighted by atomic mass is 16.6. The standard InChI is InChI=1S/C11H11NO5/c13-10(11(14)15)12-5-7-6-16-8-3-1-2-4-9(8)17-7/h1-4,7H,5-6H2,(H,12,13)(H,14,15)/t7-/m0/s1. The lowest BCUT2D eigenvalue weighted by molar-refractivity contribution is -0.150.